The second kappa shape index (κ2) is 18.1. The third-order valence-corrected chi connectivity index (χ3v) is 6.42. The van der Waals surface area contributed by atoms with E-state index in [-0.39, 0.29) is 0 Å². The van der Waals surface area contributed by atoms with Crippen LogP contribution in [0.25, 0.3) is 0 Å². The molecule has 1 N–H and O–H groups in total. The highest BCUT2D eigenvalue weighted by atomic mass is 16.5. The first-order valence-corrected chi connectivity index (χ1v) is 13.2. The maximum absolute atomic E-state index is 5.53. The Morgan fingerprint density at radius 2 is 1.16 bits per heavy atom. The van der Waals surface area contributed by atoms with Gasteiger partial charge < -0.3 is 14.8 Å². The minimum absolute atomic E-state index is 0.689. The molecule has 0 aromatic carbocycles. The number of nitrogens with zero attached hydrogens (tertiary/aromatic N) is 4. The van der Waals surface area contributed by atoms with Gasteiger partial charge in [0.1, 0.15) is 0 Å². The second-order valence-electron chi connectivity index (χ2n) is 9.91. The Morgan fingerprint density at radius 1 is 0.688 bits per heavy atom. The highest BCUT2D eigenvalue weighted by molar-refractivity contribution is 4.72. The van der Waals surface area contributed by atoms with Gasteiger partial charge in [-0.05, 0) is 48.0 Å². The van der Waals surface area contributed by atoms with E-state index in [1.165, 1.54) is 26.2 Å². The van der Waals surface area contributed by atoms with Crippen molar-refractivity contribution in [3.05, 3.63) is 0 Å². The Labute approximate surface area is 199 Å². The van der Waals surface area contributed by atoms with Gasteiger partial charge in [0, 0.05) is 90.2 Å². The van der Waals surface area contributed by atoms with E-state index in [0.717, 1.165) is 78.3 Å². The first-order chi connectivity index (χ1) is 15.3. The number of hydrogen-bond acceptors (Lipinski definition) is 7. The molecule has 0 amide bonds. The fourth-order valence-electron chi connectivity index (χ4n) is 4.04. The number of piperazine rings is 2. The molecular weight excluding hydrogens is 402 g/mol. The largest absolute Gasteiger partial charge is 0.379 e. The third kappa shape index (κ3) is 13.4. The van der Waals surface area contributed by atoms with Crippen molar-refractivity contribution in [2.24, 2.45) is 0 Å². The Balaban J connectivity index is 0.000000250. The summed E-state index contributed by atoms with van der Waals surface area (Å²) >= 11 is 0. The van der Waals surface area contributed by atoms with Gasteiger partial charge in [-0.15, -0.1) is 0 Å². The van der Waals surface area contributed by atoms with Crippen LogP contribution in [0.2, 0.25) is 0 Å². The van der Waals surface area contributed by atoms with Crippen molar-refractivity contribution in [1.29, 1.82) is 0 Å². The van der Waals surface area contributed by atoms with Crippen molar-refractivity contribution in [2.45, 2.75) is 73.0 Å². The smallest absolute Gasteiger partial charge is 0.0991 e. The van der Waals surface area contributed by atoms with Gasteiger partial charge in [0.25, 0.3) is 0 Å². The average Bonchev–Trinajstić information content (AvgIpc) is 2.81. The van der Waals surface area contributed by atoms with Crippen LogP contribution in [0.4, 0.5) is 0 Å². The molecule has 7 nitrogen and oxygen atoms in total. The number of rotatable bonds is 7. The van der Waals surface area contributed by atoms with Crippen molar-refractivity contribution in [3.8, 4) is 0 Å². The van der Waals surface area contributed by atoms with E-state index in [0.29, 0.717) is 12.1 Å². The van der Waals surface area contributed by atoms with Crippen LogP contribution in [-0.2, 0) is 9.47 Å². The van der Waals surface area contributed by atoms with Gasteiger partial charge in [-0.3, -0.25) is 19.6 Å². The molecule has 7 heteroatoms. The van der Waals surface area contributed by atoms with Crippen LogP contribution in [-0.4, -0.2) is 130 Å². The van der Waals surface area contributed by atoms with E-state index in [4.69, 9.17) is 9.47 Å². The molecule has 192 valence electrons. The summed E-state index contributed by atoms with van der Waals surface area (Å²) in [7, 11) is 0. The van der Waals surface area contributed by atoms with Crippen molar-refractivity contribution < 1.29 is 9.47 Å². The first kappa shape index (κ1) is 29.8. The van der Waals surface area contributed by atoms with Gasteiger partial charge >= 0.3 is 0 Å². The molecule has 0 aromatic heterocycles. The maximum Gasteiger partial charge on any atom is 0.0991 e. The highest BCUT2D eigenvalue weighted by Crippen LogP contribution is 2.05. The van der Waals surface area contributed by atoms with Gasteiger partial charge in [0.2, 0.25) is 0 Å². The van der Waals surface area contributed by atoms with Crippen molar-refractivity contribution in [3.63, 3.8) is 0 Å². The molecule has 0 atom stereocenters. The number of ether oxygens (including phenoxy) is 2. The van der Waals surface area contributed by atoms with Gasteiger partial charge in [-0.25, -0.2) is 0 Å². The summed E-state index contributed by atoms with van der Waals surface area (Å²) in [6, 6.07) is 2.11. The van der Waals surface area contributed by atoms with Crippen LogP contribution in [0, 0.1) is 0 Å². The molecule has 0 radical (unpaired) electrons. The Bertz CT molecular complexity index is 395. The third-order valence-electron chi connectivity index (χ3n) is 6.42. The molecule has 3 aliphatic rings. The zero-order valence-electron chi connectivity index (χ0n) is 22.4. The summed E-state index contributed by atoms with van der Waals surface area (Å²) in [6.45, 7) is 30.9. The van der Waals surface area contributed by atoms with Crippen LogP contribution in [0.3, 0.4) is 0 Å². The average molecular weight is 458 g/mol. The number of nitrogens with one attached hydrogen (secondary N) is 1. The molecule has 3 saturated heterocycles. The van der Waals surface area contributed by atoms with Gasteiger partial charge in [0.15, 0.2) is 0 Å². The SMILES string of the molecule is CC(C)N1CCNCC1.CC(C)N1CCOCC1.CCCOCN1CCN(C(C)C)CC1. The molecule has 0 bridgehead atoms. The van der Waals surface area contributed by atoms with E-state index < -0.39 is 0 Å². The van der Waals surface area contributed by atoms with Crippen LogP contribution in [0.1, 0.15) is 54.9 Å². The van der Waals surface area contributed by atoms with Crippen LogP contribution in [0.5, 0.6) is 0 Å². The summed E-state index contributed by atoms with van der Waals surface area (Å²) in [4.78, 5) is 9.85. The van der Waals surface area contributed by atoms with E-state index in [2.05, 4.69) is 73.4 Å². The molecule has 3 rings (SSSR count). The molecule has 0 aromatic rings. The molecule has 3 fully saturated rings. The molecule has 0 saturated carbocycles. The molecule has 3 heterocycles. The summed E-state index contributed by atoms with van der Waals surface area (Å²) < 4.78 is 10.7. The number of morpholine rings is 1. The van der Waals surface area contributed by atoms with Crippen LogP contribution in [0.15, 0.2) is 0 Å². The lowest BCUT2D eigenvalue weighted by molar-refractivity contribution is -0.00268. The van der Waals surface area contributed by atoms with Crippen LogP contribution >= 0.6 is 0 Å². The Hall–Kier alpha value is -0.280. The fourth-order valence-corrected chi connectivity index (χ4v) is 4.04. The highest BCUT2D eigenvalue weighted by Gasteiger charge is 2.18. The van der Waals surface area contributed by atoms with E-state index in [1.807, 2.05) is 0 Å². The minimum Gasteiger partial charge on any atom is -0.379 e. The van der Waals surface area contributed by atoms with Gasteiger partial charge in [0.05, 0.1) is 19.9 Å². The van der Waals surface area contributed by atoms with E-state index >= 15 is 0 Å². The van der Waals surface area contributed by atoms with Crippen molar-refractivity contribution in [2.75, 3.05) is 92.0 Å². The quantitative estimate of drug-likeness (QED) is 0.589. The van der Waals surface area contributed by atoms with E-state index in [9.17, 15) is 0 Å². The standard InChI is InChI=1S/C11H24N2O.C7H16N2.C7H15NO/c1-4-9-14-10-12-5-7-13(8-6-12)11(2)3;1-7(2)9-5-3-8-4-6-9;1-7(2)8-3-5-9-6-4-8/h11H,4-10H2,1-3H3;7-8H,3-6H2,1-2H3;7H,3-6H2,1-2H3. The predicted molar refractivity (Wildman–Crippen MR) is 136 cm³/mol. The monoisotopic (exact) mass is 457 g/mol. The molecule has 32 heavy (non-hydrogen) atoms. The fraction of sp³-hybridized carbons (Fsp3) is 1.00. The molecule has 3 aliphatic heterocycles. The summed E-state index contributed by atoms with van der Waals surface area (Å²) in [6.07, 6.45) is 1.12. The predicted octanol–water partition coefficient (Wildman–Crippen LogP) is 2.42. The molecule has 0 spiro atoms. The lowest BCUT2D eigenvalue weighted by Gasteiger charge is -2.36. The van der Waals surface area contributed by atoms with Crippen molar-refractivity contribution in [1.82, 2.24) is 24.9 Å². The second-order valence-corrected chi connectivity index (χ2v) is 9.91. The molecular formula is C25H55N5O2. The summed E-state index contributed by atoms with van der Waals surface area (Å²) in [5.41, 5.74) is 0. The molecule has 0 aliphatic carbocycles. The zero-order chi connectivity index (χ0) is 23.8. The maximum atomic E-state index is 5.53. The molecule has 0 unspecified atom stereocenters. The zero-order valence-corrected chi connectivity index (χ0v) is 22.4. The van der Waals surface area contributed by atoms with Gasteiger partial charge in [-0.1, -0.05) is 6.92 Å². The summed E-state index contributed by atoms with van der Waals surface area (Å²) in [5, 5.41) is 3.33. The normalized spacial score (nSPS) is 21.9. The summed E-state index contributed by atoms with van der Waals surface area (Å²) in [5.74, 6) is 0. The Kier molecular flexibility index (Phi) is 16.8. The topological polar surface area (TPSA) is 43.5 Å². The minimum atomic E-state index is 0.689. The van der Waals surface area contributed by atoms with Crippen molar-refractivity contribution >= 4 is 0 Å². The Morgan fingerprint density at radius 3 is 1.56 bits per heavy atom. The first-order valence-electron chi connectivity index (χ1n) is 13.2. The van der Waals surface area contributed by atoms with Crippen LogP contribution < -0.4 is 5.32 Å². The number of hydrogen-bond donors (Lipinski definition) is 1. The van der Waals surface area contributed by atoms with E-state index in [1.54, 1.807) is 0 Å². The lowest BCUT2D eigenvalue weighted by atomic mass is 10.2. The van der Waals surface area contributed by atoms with Gasteiger partial charge in [-0.2, -0.15) is 0 Å². The lowest BCUT2D eigenvalue weighted by Crippen LogP contribution is -2.49.